The van der Waals surface area contributed by atoms with Gasteiger partial charge in [0, 0.05) is 15.4 Å². The van der Waals surface area contributed by atoms with Gasteiger partial charge in [-0.25, -0.2) is 0 Å². The molecule has 0 bridgehead atoms. The summed E-state index contributed by atoms with van der Waals surface area (Å²) in [6, 6.07) is 7.67. The van der Waals surface area contributed by atoms with Crippen molar-refractivity contribution in [1.29, 1.82) is 0 Å². The van der Waals surface area contributed by atoms with E-state index in [-0.39, 0.29) is 11.3 Å². The van der Waals surface area contributed by atoms with Crippen LogP contribution < -0.4 is 11.1 Å². The topological polar surface area (TPSA) is 72.2 Å². The first-order valence-corrected chi connectivity index (χ1v) is 10.9. The van der Waals surface area contributed by atoms with E-state index in [0.717, 1.165) is 34.9 Å². The average molecular weight is 461 g/mol. The number of nitrogens with two attached hydrogens (primary N) is 1. The molecule has 3 N–H and O–H groups in total. The Morgan fingerprint density at radius 2 is 1.93 bits per heavy atom. The van der Waals surface area contributed by atoms with E-state index in [0.29, 0.717) is 16.5 Å². The number of hydrogen-bond donors (Lipinski definition) is 2. The van der Waals surface area contributed by atoms with Crippen molar-refractivity contribution in [3.63, 3.8) is 0 Å². The maximum atomic E-state index is 12.4. The molecule has 0 radical (unpaired) electrons. The molecular formula is C22H25BrN2O2S. The van der Waals surface area contributed by atoms with Gasteiger partial charge in [0.15, 0.2) is 0 Å². The van der Waals surface area contributed by atoms with Crippen LogP contribution >= 0.6 is 27.3 Å². The molecule has 0 saturated carbocycles. The fourth-order valence-electron chi connectivity index (χ4n) is 3.57. The highest BCUT2D eigenvalue weighted by Gasteiger charge is 2.33. The van der Waals surface area contributed by atoms with Gasteiger partial charge in [-0.2, -0.15) is 0 Å². The van der Waals surface area contributed by atoms with Gasteiger partial charge in [0.05, 0.1) is 5.56 Å². The van der Waals surface area contributed by atoms with Crippen LogP contribution in [0.15, 0.2) is 34.8 Å². The maximum absolute atomic E-state index is 12.4. The van der Waals surface area contributed by atoms with Gasteiger partial charge < -0.3 is 11.1 Å². The molecule has 2 amide bonds. The van der Waals surface area contributed by atoms with Gasteiger partial charge >= 0.3 is 0 Å². The van der Waals surface area contributed by atoms with E-state index in [1.54, 1.807) is 6.08 Å². The van der Waals surface area contributed by atoms with Gasteiger partial charge in [-0.1, -0.05) is 48.8 Å². The Hall–Kier alpha value is -1.92. The van der Waals surface area contributed by atoms with E-state index in [1.165, 1.54) is 22.3 Å². The Balaban J connectivity index is 1.80. The first kappa shape index (κ1) is 20.8. The summed E-state index contributed by atoms with van der Waals surface area (Å²) in [5.41, 5.74) is 8.29. The smallest absolute Gasteiger partial charge is 0.251 e. The molecule has 6 heteroatoms. The van der Waals surface area contributed by atoms with E-state index >= 15 is 0 Å². The van der Waals surface area contributed by atoms with Crippen molar-refractivity contribution in [3.8, 4) is 0 Å². The first-order valence-electron chi connectivity index (χ1n) is 9.34. The lowest BCUT2D eigenvalue weighted by atomic mass is 9.72. The van der Waals surface area contributed by atoms with Crippen LogP contribution in [0.3, 0.4) is 0 Å². The van der Waals surface area contributed by atoms with Crippen LogP contribution in [-0.2, 0) is 17.6 Å². The Bertz CT molecular complexity index is 923. The number of amides is 2. The number of rotatable bonds is 4. The maximum Gasteiger partial charge on any atom is 0.251 e. The van der Waals surface area contributed by atoms with Crippen LogP contribution in [0.25, 0.3) is 6.08 Å². The van der Waals surface area contributed by atoms with Gasteiger partial charge in [0.25, 0.3) is 5.91 Å². The predicted octanol–water partition coefficient (Wildman–Crippen LogP) is 5.41. The lowest BCUT2D eigenvalue weighted by Crippen LogP contribution is -2.27. The van der Waals surface area contributed by atoms with E-state index in [2.05, 4.69) is 42.0 Å². The van der Waals surface area contributed by atoms with Gasteiger partial charge in [-0.15, -0.1) is 11.3 Å². The van der Waals surface area contributed by atoms with Crippen LogP contribution in [0.4, 0.5) is 5.00 Å². The van der Waals surface area contributed by atoms with Crippen molar-refractivity contribution >= 4 is 50.2 Å². The van der Waals surface area contributed by atoms with Gasteiger partial charge in [-0.05, 0) is 59.9 Å². The number of hydrogen-bond acceptors (Lipinski definition) is 3. The summed E-state index contributed by atoms with van der Waals surface area (Å²) in [4.78, 5) is 25.7. The molecule has 1 aliphatic rings. The molecule has 28 heavy (non-hydrogen) atoms. The summed E-state index contributed by atoms with van der Waals surface area (Å²) in [7, 11) is 0. The lowest BCUT2D eigenvalue weighted by molar-refractivity contribution is -0.111. The second-order valence-corrected chi connectivity index (χ2v) is 10.3. The highest BCUT2D eigenvalue weighted by atomic mass is 79.9. The summed E-state index contributed by atoms with van der Waals surface area (Å²) >= 11 is 4.88. The molecule has 1 unspecified atom stereocenters. The molecular weight excluding hydrogens is 436 g/mol. The van der Waals surface area contributed by atoms with Gasteiger partial charge in [-0.3, -0.25) is 9.59 Å². The van der Waals surface area contributed by atoms with Crippen LogP contribution in [0.5, 0.6) is 0 Å². The number of benzene rings is 1. The van der Waals surface area contributed by atoms with E-state index in [9.17, 15) is 9.59 Å². The fourth-order valence-corrected chi connectivity index (χ4v) is 5.17. The Morgan fingerprint density at radius 3 is 2.54 bits per heavy atom. The van der Waals surface area contributed by atoms with Crippen molar-refractivity contribution in [2.24, 2.45) is 17.1 Å². The number of fused-ring (bicyclic) bond motifs is 1. The highest BCUT2D eigenvalue weighted by molar-refractivity contribution is 9.10. The Kier molecular flexibility index (Phi) is 6.10. The van der Waals surface area contributed by atoms with Crippen molar-refractivity contribution < 1.29 is 9.59 Å². The quantitative estimate of drug-likeness (QED) is 0.598. The van der Waals surface area contributed by atoms with Crippen molar-refractivity contribution in [2.75, 3.05) is 5.32 Å². The SMILES string of the molecule is CC(C)(C)C1CCc2c(sc(NC(=O)/C=C/c3ccc(Br)cc3)c2C(N)=O)C1. The third-order valence-electron chi connectivity index (χ3n) is 5.27. The monoisotopic (exact) mass is 460 g/mol. The summed E-state index contributed by atoms with van der Waals surface area (Å²) in [6.45, 7) is 6.75. The highest BCUT2D eigenvalue weighted by Crippen LogP contribution is 2.44. The molecule has 4 nitrogen and oxygen atoms in total. The first-order chi connectivity index (χ1) is 13.1. The molecule has 0 spiro atoms. The second kappa shape index (κ2) is 8.21. The third-order valence-corrected chi connectivity index (χ3v) is 6.97. The molecule has 1 aromatic carbocycles. The van der Waals surface area contributed by atoms with E-state index < -0.39 is 5.91 Å². The number of anilines is 1. The zero-order chi connectivity index (χ0) is 20.5. The Morgan fingerprint density at radius 1 is 1.25 bits per heavy atom. The van der Waals surface area contributed by atoms with Crippen LogP contribution in [0, 0.1) is 11.3 Å². The molecule has 0 saturated heterocycles. The molecule has 1 heterocycles. The molecule has 0 aliphatic heterocycles. The van der Waals surface area contributed by atoms with E-state index in [1.807, 2.05) is 24.3 Å². The lowest BCUT2D eigenvalue weighted by Gasteiger charge is -2.33. The standard InChI is InChI=1S/C22H25BrN2O2S/c1-22(2,3)14-7-10-16-17(12-14)28-21(19(16)20(24)27)25-18(26)11-6-13-4-8-15(23)9-5-13/h4-6,8-9,11,14H,7,10,12H2,1-3H3,(H2,24,27)(H,25,26)/b11-6+. The molecule has 1 aromatic heterocycles. The third kappa shape index (κ3) is 4.73. The van der Waals surface area contributed by atoms with Crippen LogP contribution in [0.2, 0.25) is 0 Å². The van der Waals surface area contributed by atoms with Crippen molar-refractivity contribution in [3.05, 3.63) is 56.4 Å². The van der Waals surface area contributed by atoms with Crippen molar-refractivity contribution in [2.45, 2.75) is 40.0 Å². The summed E-state index contributed by atoms with van der Waals surface area (Å²) in [5.74, 6) is -0.185. The molecule has 148 valence electrons. The number of carbonyl (C=O) groups excluding carboxylic acids is 2. The number of halogens is 1. The summed E-state index contributed by atoms with van der Waals surface area (Å²) in [5, 5.41) is 3.43. The second-order valence-electron chi connectivity index (χ2n) is 8.25. The largest absolute Gasteiger partial charge is 0.365 e. The molecule has 2 aromatic rings. The normalized spacial score (nSPS) is 16.8. The summed E-state index contributed by atoms with van der Waals surface area (Å²) in [6.07, 6.45) is 6.01. The minimum absolute atomic E-state index is 0.214. The minimum Gasteiger partial charge on any atom is -0.365 e. The Labute approximate surface area is 178 Å². The number of carbonyl (C=O) groups is 2. The molecule has 1 atom stereocenters. The zero-order valence-electron chi connectivity index (χ0n) is 16.3. The van der Waals surface area contributed by atoms with E-state index in [4.69, 9.17) is 5.73 Å². The zero-order valence-corrected chi connectivity index (χ0v) is 18.7. The average Bonchev–Trinajstić information content (AvgIpc) is 2.97. The number of thiophene rings is 1. The van der Waals surface area contributed by atoms with Crippen LogP contribution in [-0.4, -0.2) is 11.8 Å². The number of nitrogens with one attached hydrogen (secondary N) is 1. The van der Waals surface area contributed by atoms with Crippen molar-refractivity contribution in [1.82, 2.24) is 0 Å². The van der Waals surface area contributed by atoms with Gasteiger partial charge in [0.1, 0.15) is 5.00 Å². The molecule has 3 rings (SSSR count). The van der Waals surface area contributed by atoms with Crippen LogP contribution in [0.1, 0.15) is 53.6 Å². The predicted molar refractivity (Wildman–Crippen MR) is 120 cm³/mol. The number of primary amides is 1. The summed E-state index contributed by atoms with van der Waals surface area (Å²) < 4.78 is 0.984. The minimum atomic E-state index is -0.473. The molecule has 1 aliphatic carbocycles. The fraction of sp³-hybridized carbons (Fsp3) is 0.364. The molecule has 0 fully saturated rings. The van der Waals surface area contributed by atoms with Gasteiger partial charge in [0.2, 0.25) is 5.91 Å².